The van der Waals surface area contributed by atoms with Gasteiger partial charge in [0.15, 0.2) is 0 Å². The SMILES string of the molecule is CN1CCCN(C(=O)c2c(N)cnn2C)CC1. The van der Waals surface area contributed by atoms with Crippen molar-refractivity contribution in [3.8, 4) is 0 Å². The summed E-state index contributed by atoms with van der Waals surface area (Å²) in [5.74, 6) is -0.0159. The average molecular weight is 237 g/mol. The molecular weight excluding hydrogens is 218 g/mol. The molecule has 0 aliphatic carbocycles. The van der Waals surface area contributed by atoms with Crippen LogP contribution < -0.4 is 5.73 Å². The minimum atomic E-state index is -0.0159. The number of hydrogen-bond acceptors (Lipinski definition) is 4. The van der Waals surface area contributed by atoms with E-state index in [0.717, 1.165) is 32.6 Å². The predicted octanol–water partition coefficient (Wildman–Crippen LogP) is -0.220. The van der Waals surface area contributed by atoms with Crippen LogP contribution in [0.1, 0.15) is 16.9 Å². The number of nitrogens with two attached hydrogens (primary N) is 1. The summed E-state index contributed by atoms with van der Waals surface area (Å²) < 4.78 is 1.55. The van der Waals surface area contributed by atoms with Crippen molar-refractivity contribution in [3.63, 3.8) is 0 Å². The summed E-state index contributed by atoms with van der Waals surface area (Å²) in [6.07, 6.45) is 2.52. The van der Waals surface area contributed by atoms with E-state index < -0.39 is 0 Å². The zero-order valence-electron chi connectivity index (χ0n) is 10.4. The summed E-state index contributed by atoms with van der Waals surface area (Å²) in [4.78, 5) is 16.4. The lowest BCUT2D eigenvalue weighted by Gasteiger charge is -2.20. The van der Waals surface area contributed by atoms with Gasteiger partial charge >= 0.3 is 0 Å². The zero-order valence-corrected chi connectivity index (χ0v) is 10.4. The van der Waals surface area contributed by atoms with Crippen molar-refractivity contribution in [2.45, 2.75) is 6.42 Å². The number of rotatable bonds is 1. The quantitative estimate of drug-likeness (QED) is 0.733. The first-order valence-electron chi connectivity index (χ1n) is 5.85. The van der Waals surface area contributed by atoms with Crippen LogP contribution >= 0.6 is 0 Å². The van der Waals surface area contributed by atoms with Crippen molar-refractivity contribution in [3.05, 3.63) is 11.9 Å². The Balaban J connectivity index is 2.14. The normalized spacial score (nSPS) is 18.1. The molecule has 0 bridgehead atoms. The first kappa shape index (κ1) is 11.9. The molecule has 0 atom stereocenters. The zero-order chi connectivity index (χ0) is 12.4. The van der Waals surface area contributed by atoms with Gasteiger partial charge in [0.05, 0.1) is 11.9 Å². The van der Waals surface area contributed by atoms with E-state index in [1.807, 2.05) is 4.90 Å². The van der Waals surface area contributed by atoms with Gasteiger partial charge in [-0.2, -0.15) is 5.10 Å². The van der Waals surface area contributed by atoms with Gasteiger partial charge in [0.25, 0.3) is 5.91 Å². The van der Waals surface area contributed by atoms with Crippen LogP contribution in [0.5, 0.6) is 0 Å². The maximum atomic E-state index is 12.3. The lowest BCUT2D eigenvalue weighted by atomic mass is 10.3. The third kappa shape index (κ3) is 2.41. The third-order valence-corrected chi connectivity index (χ3v) is 3.18. The molecule has 2 rings (SSSR count). The number of hydrogen-bond donors (Lipinski definition) is 1. The molecule has 2 heterocycles. The Labute approximate surface area is 101 Å². The molecule has 1 aliphatic heterocycles. The van der Waals surface area contributed by atoms with Gasteiger partial charge in [0.2, 0.25) is 0 Å². The second-order valence-corrected chi connectivity index (χ2v) is 4.52. The molecule has 0 radical (unpaired) electrons. The highest BCUT2D eigenvalue weighted by atomic mass is 16.2. The van der Waals surface area contributed by atoms with Crippen LogP contribution in [0.25, 0.3) is 0 Å². The monoisotopic (exact) mass is 237 g/mol. The van der Waals surface area contributed by atoms with Crippen molar-refractivity contribution in [1.29, 1.82) is 0 Å². The Morgan fingerprint density at radius 2 is 2.06 bits per heavy atom. The van der Waals surface area contributed by atoms with Gasteiger partial charge in [-0.1, -0.05) is 0 Å². The standard InChI is InChI=1S/C11H19N5O/c1-14-4-3-5-16(7-6-14)11(17)10-9(12)8-13-15(10)2/h8H,3-7,12H2,1-2H3. The summed E-state index contributed by atoms with van der Waals surface area (Å²) in [5.41, 5.74) is 6.72. The van der Waals surface area contributed by atoms with E-state index >= 15 is 0 Å². The molecule has 1 aliphatic rings. The van der Waals surface area contributed by atoms with Crippen LogP contribution in [0.3, 0.4) is 0 Å². The van der Waals surface area contributed by atoms with Crippen LogP contribution in [-0.4, -0.2) is 58.7 Å². The van der Waals surface area contributed by atoms with Crippen LogP contribution in [-0.2, 0) is 7.05 Å². The molecule has 1 aromatic heterocycles. The minimum Gasteiger partial charge on any atom is -0.396 e. The fourth-order valence-corrected chi connectivity index (χ4v) is 2.12. The van der Waals surface area contributed by atoms with Gasteiger partial charge in [-0.3, -0.25) is 9.48 Å². The molecule has 0 aromatic carbocycles. The number of aryl methyl sites for hydroxylation is 1. The fourth-order valence-electron chi connectivity index (χ4n) is 2.12. The first-order valence-corrected chi connectivity index (χ1v) is 5.85. The van der Waals surface area contributed by atoms with Crippen molar-refractivity contribution in [2.75, 3.05) is 39.0 Å². The van der Waals surface area contributed by atoms with Gasteiger partial charge in [-0.15, -0.1) is 0 Å². The molecule has 1 saturated heterocycles. The second kappa shape index (κ2) is 4.75. The Morgan fingerprint density at radius 3 is 2.71 bits per heavy atom. The van der Waals surface area contributed by atoms with E-state index in [0.29, 0.717) is 11.4 Å². The Morgan fingerprint density at radius 1 is 1.29 bits per heavy atom. The predicted molar refractivity (Wildman–Crippen MR) is 65.6 cm³/mol. The van der Waals surface area contributed by atoms with Crippen molar-refractivity contribution < 1.29 is 4.79 Å². The maximum absolute atomic E-state index is 12.3. The molecule has 1 amide bonds. The van der Waals surface area contributed by atoms with Crippen molar-refractivity contribution in [1.82, 2.24) is 19.6 Å². The molecule has 94 valence electrons. The summed E-state index contributed by atoms with van der Waals surface area (Å²) in [6.45, 7) is 3.47. The summed E-state index contributed by atoms with van der Waals surface area (Å²) in [7, 11) is 3.82. The molecule has 17 heavy (non-hydrogen) atoms. The number of carbonyl (C=O) groups excluding carboxylic acids is 1. The smallest absolute Gasteiger partial charge is 0.274 e. The molecule has 1 aromatic rings. The van der Waals surface area contributed by atoms with Crippen molar-refractivity contribution in [2.24, 2.45) is 7.05 Å². The molecule has 6 heteroatoms. The number of likely N-dealkylation sites (N-methyl/N-ethyl adjacent to an activating group) is 1. The largest absolute Gasteiger partial charge is 0.396 e. The van der Waals surface area contributed by atoms with E-state index in [-0.39, 0.29) is 5.91 Å². The molecule has 0 spiro atoms. The van der Waals surface area contributed by atoms with Gasteiger partial charge in [0, 0.05) is 26.7 Å². The van der Waals surface area contributed by atoms with Gasteiger partial charge in [0.1, 0.15) is 5.69 Å². The molecule has 0 unspecified atom stereocenters. The number of carbonyl (C=O) groups is 1. The summed E-state index contributed by atoms with van der Waals surface area (Å²) in [6, 6.07) is 0. The van der Waals surface area contributed by atoms with Gasteiger partial charge in [-0.25, -0.2) is 0 Å². The minimum absolute atomic E-state index is 0.0159. The highest BCUT2D eigenvalue weighted by Gasteiger charge is 2.23. The average Bonchev–Trinajstić information content (AvgIpc) is 2.51. The molecule has 1 fully saturated rings. The topological polar surface area (TPSA) is 67.4 Å². The van der Waals surface area contributed by atoms with E-state index in [9.17, 15) is 4.79 Å². The van der Waals surface area contributed by atoms with Crippen molar-refractivity contribution >= 4 is 11.6 Å². The fraction of sp³-hybridized carbons (Fsp3) is 0.636. The number of anilines is 1. The summed E-state index contributed by atoms with van der Waals surface area (Å²) in [5, 5.41) is 4.00. The summed E-state index contributed by atoms with van der Waals surface area (Å²) >= 11 is 0. The van der Waals surface area contributed by atoms with Gasteiger partial charge in [-0.05, 0) is 20.0 Å². The molecule has 2 N–H and O–H groups in total. The Hall–Kier alpha value is -1.56. The van der Waals surface area contributed by atoms with Crippen LogP contribution in [0.4, 0.5) is 5.69 Å². The van der Waals surface area contributed by atoms with Gasteiger partial charge < -0.3 is 15.5 Å². The van der Waals surface area contributed by atoms with Crippen LogP contribution in [0, 0.1) is 0 Å². The lowest BCUT2D eigenvalue weighted by molar-refractivity contribution is 0.0753. The van der Waals surface area contributed by atoms with E-state index in [4.69, 9.17) is 5.73 Å². The Kier molecular flexibility index (Phi) is 3.33. The third-order valence-electron chi connectivity index (χ3n) is 3.18. The highest BCUT2D eigenvalue weighted by Crippen LogP contribution is 2.14. The number of nitrogen functional groups attached to an aromatic ring is 1. The second-order valence-electron chi connectivity index (χ2n) is 4.52. The molecule has 0 saturated carbocycles. The highest BCUT2D eigenvalue weighted by molar-refractivity contribution is 5.97. The van der Waals surface area contributed by atoms with E-state index in [1.54, 1.807) is 11.7 Å². The number of amides is 1. The van der Waals surface area contributed by atoms with Crippen LogP contribution in [0.15, 0.2) is 6.20 Å². The van der Waals surface area contributed by atoms with E-state index in [2.05, 4.69) is 17.0 Å². The Bertz CT molecular complexity index is 394. The molecular formula is C11H19N5O. The molecule has 6 nitrogen and oxygen atoms in total. The number of nitrogens with zero attached hydrogens (tertiary/aromatic N) is 4. The van der Waals surface area contributed by atoms with E-state index in [1.165, 1.54) is 6.20 Å². The van der Waals surface area contributed by atoms with Crippen LogP contribution in [0.2, 0.25) is 0 Å². The maximum Gasteiger partial charge on any atom is 0.274 e. The first-order chi connectivity index (χ1) is 8.09. The number of aromatic nitrogens is 2. The lowest BCUT2D eigenvalue weighted by Crippen LogP contribution is -2.35.